The van der Waals surface area contributed by atoms with E-state index in [1.165, 1.54) is 45.2 Å². The standard InChI is InChI=1S/C12H24N2/c1-10(2)14(12-6-3-7-12)9-11-5-4-8-13-11/h10-13H,3-9H2,1-2H3. The van der Waals surface area contributed by atoms with Crippen molar-refractivity contribution in [2.75, 3.05) is 13.1 Å². The fraction of sp³-hybridized carbons (Fsp3) is 1.00. The van der Waals surface area contributed by atoms with E-state index in [0.717, 1.165) is 18.1 Å². The van der Waals surface area contributed by atoms with Gasteiger partial charge in [-0.25, -0.2) is 0 Å². The topological polar surface area (TPSA) is 15.3 Å². The molecule has 14 heavy (non-hydrogen) atoms. The third-order valence-corrected chi connectivity index (χ3v) is 3.80. The fourth-order valence-electron chi connectivity index (χ4n) is 2.67. The first kappa shape index (κ1) is 10.4. The van der Waals surface area contributed by atoms with E-state index in [1.807, 2.05) is 0 Å². The molecule has 0 radical (unpaired) electrons. The van der Waals surface area contributed by atoms with E-state index in [-0.39, 0.29) is 0 Å². The number of nitrogens with one attached hydrogen (secondary N) is 1. The van der Waals surface area contributed by atoms with Crippen LogP contribution >= 0.6 is 0 Å². The van der Waals surface area contributed by atoms with Gasteiger partial charge < -0.3 is 5.32 Å². The van der Waals surface area contributed by atoms with Gasteiger partial charge in [-0.2, -0.15) is 0 Å². The maximum absolute atomic E-state index is 3.60. The molecular formula is C12H24N2. The Hall–Kier alpha value is -0.0800. The molecule has 1 saturated carbocycles. The summed E-state index contributed by atoms with van der Waals surface area (Å²) in [5.74, 6) is 0. The predicted octanol–water partition coefficient (Wildman–Crippen LogP) is 2.00. The van der Waals surface area contributed by atoms with Crippen molar-refractivity contribution in [1.82, 2.24) is 10.2 Å². The molecule has 1 N–H and O–H groups in total. The van der Waals surface area contributed by atoms with Crippen molar-refractivity contribution in [3.63, 3.8) is 0 Å². The van der Waals surface area contributed by atoms with Crippen LogP contribution < -0.4 is 5.32 Å². The molecule has 0 amide bonds. The maximum atomic E-state index is 3.60. The Balaban J connectivity index is 1.83. The minimum absolute atomic E-state index is 0.725. The summed E-state index contributed by atoms with van der Waals surface area (Å²) in [7, 11) is 0. The van der Waals surface area contributed by atoms with E-state index in [1.54, 1.807) is 0 Å². The van der Waals surface area contributed by atoms with Crippen molar-refractivity contribution >= 4 is 0 Å². The van der Waals surface area contributed by atoms with Crippen LogP contribution in [0.5, 0.6) is 0 Å². The lowest BCUT2D eigenvalue weighted by molar-refractivity contribution is 0.0852. The normalized spacial score (nSPS) is 28.7. The van der Waals surface area contributed by atoms with E-state index in [2.05, 4.69) is 24.1 Å². The van der Waals surface area contributed by atoms with Gasteiger partial charge in [-0.1, -0.05) is 6.42 Å². The molecule has 0 aromatic rings. The minimum Gasteiger partial charge on any atom is -0.313 e. The van der Waals surface area contributed by atoms with Gasteiger partial charge >= 0.3 is 0 Å². The molecule has 2 aliphatic rings. The predicted molar refractivity (Wildman–Crippen MR) is 60.5 cm³/mol. The van der Waals surface area contributed by atoms with Gasteiger partial charge in [0.15, 0.2) is 0 Å². The maximum Gasteiger partial charge on any atom is 0.0195 e. The van der Waals surface area contributed by atoms with Gasteiger partial charge in [-0.3, -0.25) is 4.90 Å². The quantitative estimate of drug-likeness (QED) is 0.740. The number of nitrogens with zero attached hydrogens (tertiary/aromatic N) is 1. The average molecular weight is 196 g/mol. The first-order valence-corrected chi connectivity index (χ1v) is 6.26. The largest absolute Gasteiger partial charge is 0.313 e. The van der Waals surface area contributed by atoms with Crippen molar-refractivity contribution in [3.8, 4) is 0 Å². The molecule has 2 rings (SSSR count). The Morgan fingerprint density at radius 2 is 2.00 bits per heavy atom. The summed E-state index contributed by atoms with van der Waals surface area (Å²) in [6.45, 7) is 7.20. The highest BCUT2D eigenvalue weighted by Gasteiger charge is 2.29. The van der Waals surface area contributed by atoms with Crippen LogP contribution in [0, 0.1) is 0 Å². The Bertz CT molecular complexity index is 169. The van der Waals surface area contributed by atoms with Crippen LogP contribution in [0.4, 0.5) is 0 Å². The van der Waals surface area contributed by atoms with E-state index in [9.17, 15) is 0 Å². The molecule has 1 atom stereocenters. The van der Waals surface area contributed by atoms with Crippen molar-refractivity contribution in [2.24, 2.45) is 0 Å². The number of hydrogen-bond acceptors (Lipinski definition) is 2. The summed E-state index contributed by atoms with van der Waals surface area (Å²) >= 11 is 0. The first-order valence-electron chi connectivity index (χ1n) is 6.26. The molecule has 1 aliphatic heterocycles. The van der Waals surface area contributed by atoms with Gasteiger partial charge in [-0.05, 0) is 46.1 Å². The van der Waals surface area contributed by atoms with Crippen LogP contribution in [0.3, 0.4) is 0 Å². The molecule has 2 nitrogen and oxygen atoms in total. The minimum atomic E-state index is 0.725. The zero-order valence-corrected chi connectivity index (χ0v) is 9.63. The second kappa shape index (κ2) is 4.63. The summed E-state index contributed by atoms with van der Waals surface area (Å²) in [4.78, 5) is 2.71. The molecule has 1 aliphatic carbocycles. The van der Waals surface area contributed by atoms with Gasteiger partial charge in [0.05, 0.1) is 0 Å². The van der Waals surface area contributed by atoms with Gasteiger partial charge in [0, 0.05) is 24.7 Å². The third kappa shape index (κ3) is 2.29. The average Bonchev–Trinajstić information content (AvgIpc) is 2.52. The second-order valence-corrected chi connectivity index (χ2v) is 5.17. The number of rotatable bonds is 4. The van der Waals surface area contributed by atoms with Crippen LogP contribution in [-0.2, 0) is 0 Å². The van der Waals surface area contributed by atoms with Crippen molar-refractivity contribution in [1.29, 1.82) is 0 Å². The second-order valence-electron chi connectivity index (χ2n) is 5.17. The SMILES string of the molecule is CC(C)N(CC1CCCN1)C1CCC1. The zero-order chi connectivity index (χ0) is 9.97. The molecular weight excluding hydrogens is 172 g/mol. The Labute approximate surface area is 88.1 Å². The molecule has 1 unspecified atom stereocenters. The highest BCUT2D eigenvalue weighted by molar-refractivity contribution is 4.86. The molecule has 0 aromatic heterocycles. The van der Waals surface area contributed by atoms with Crippen LogP contribution in [0.1, 0.15) is 46.0 Å². The van der Waals surface area contributed by atoms with E-state index in [4.69, 9.17) is 0 Å². The smallest absolute Gasteiger partial charge is 0.0195 e. The van der Waals surface area contributed by atoms with Crippen LogP contribution in [0.2, 0.25) is 0 Å². The van der Waals surface area contributed by atoms with E-state index >= 15 is 0 Å². The molecule has 0 spiro atoms. The van der Waals surface area contributed by atoms with Crippen molar-refractivity contribution < 1.29 is 0 Å². The Morgan fingerprint density at radius 1 is 1.21 bits per heavy atom. The molecule has 1 saturated heterocycles. The third-order valence-electron chi connectivity index (χ3n) is 3.80. The lowest BCUT2D eigenvalue weighted by Crippen LogP contribution is -2.49. The summed E-state index contributed by atoms with van der Waals surface area (Å²) in [5, 5.41) is 3.60. The van der Waals surface area contributed by atoms with Gasteiger partial charge in [-0.15, -0.1) is 0 Å². The van der Waals surface area contributed by atoms with Crippen molar-refractivity contribution in [2.45, 2.75) is 64.1 Å². The molecule has 2 heteroatoms. The Morgan fingerprint density at radius 3 is 2.43 bits per heavy atom. The first-order chi connectivity index (χ1) is 6.77. The van der Waals surface area contributed by atoms with Crippen molar-refractivity contribution in [3.05, 3.63) is 0 Å². The lowest BCUT2D eigenvalue weighted by atomic mass is 9.90. The monoisotopic (exact) mass is 196 g/mol. The lowest BCUT2D eigenvalue weighted by Gasteiger charge is -2.41. The molecule has 0 aromatic carbocycles. The van der Waals surface area contributed by atoms with E-state index in [0.29, 0.717) is 0 Å². The van der Waals surface area contributed by atoms with Gasteiger partial charge in [0.25, 0.3) is 0 Å². The zero-order valence-electron chi connectivity index (χ0n) is 9.63. The molecule has 2 fully saturated rings. The van der Waals surface area contributed by atoms with Gasteiger partial charge in [0.1, 0.15) is 0 Å². The molecule has 0 bridgehead atoms. The van der Waals surface area contributed by atoms with Crippen LogP contribution in [0.15, 0.2) is 0 Å². The summed E-state index contributed by atoms with van der Waals surface area (Å²) in [5.41, 5.74) is 0. The summed E-state index contributed by atoms with van der Waals surface area (Å²) in [6.07, 6.45) is 7.08. The molecule has 1 heterocycles. The highest BCUT2D eigenvalue weighted by atomic mass is 15.2. The van der Waals surface area contributed by atoms with Gasteiger partial charge in [0.2, 0.25) is 0 Å². The summed E-state index contributed by atoms with van der Waals surface area (Å²) in [6, 6.07) is 2.40. The van der Waals surface area contributed by atoms with Crippen LogP contribution in [-0.4, -0.2) is 36.1 Å². The summed E-state index contributed by atoms with van der Waals surface area (Å²) < 4.78 is 0. The van der Waals surface area contributed by atoms with Crippen LogP contribution in [0.25, 0.3) is 0 Å². The Kier molecular flexibility index (Phi) is 3.45. The van der Waals surface area contributed by atoms with E-state index < -0.39 is 0 Å². The highest BCUT2D eigenvalue weighted by Crippen LogP contribution is 2.27. The number of hydrogen-bond donors (Lipinski definition) is 1. The fourth-order valence-corrected chi connectivity index (χ4v) is 2.67. The molecule has 82 valence electrons.